The smallest absolute Gasteiger partial charge is 0.408 e. The molecule has 0 fully saturated rings. The van der Waals surface area contributed by atoms with E-state index in [1.165, 1.54) is 4.90 Å². The van der Waals surface area contributed by atoms with Gasteiger partial charge in [-0.25, -0.2) is 4.79 Å². The number of terminal acetylenes is 1. The second kappa shape index (κ2) is 12.5. The van der Waals surface area contributed by atoms with E-state index in [-0.39, 0.29) is 5.92 Å². The molecule has 0 saturated heterocycles. The Balaban J connectivity index is 1.93. The molecule has 0 heterocycles. The first-order valence-electron chi connectivity index (χ1n) is 13.0. The third kappa shape index (κ3) is 8.08. The fraction of sp³-hybridized carbons (Fsp3) is 0.344. The Bertz CT molecular complexity index is 1370. The maximum Gasteiger partial charge on any atom is 0.408 e. The molecular formula is C32H37N3O4. The number of benzene rings is 3. The van der Waals surface area contributed by atoms with Gasteiger partial charge in [-0.2, -0.15) is 0 Å². The molecule has 0 aliphatic heterocycles. The maximum atomic E-state index is 13.8. The van der Waals surface area contributed by atoms with E-state index < -0.39 is 35.6 Å². The van der Waals surface area contributed by atoms with Gasteiger partial charge in [0.1, 0.15) is 17.7 Å². The highest BCUT2D eigenvalue weighted by molar-refractivity contribution is 6.00. The Morgan fingerprint density at radius 1 is 0.974 bits per heavy atom. The molecule has 3 aromatic rings. The van der Waals surface area contributed by atoms with Crippen LogP contribution in [0.2, 0.25) is 0 Å². The molecule has 2 atom stereocenters. The van der Waals surface area contributed by atoms with Gasteiger partial charge in [0.25, 0.3) is 5.91 Å². The summed E-state index contributed by atoms with van der Waals surface area (Å²) >= 11 is 0. The number of alkyl carbamates (subject to hydrolysis) is 1. The van der Waals surface area contributed by atoms with Crippen molar-refractivity contribution in [3.8, 4) is 12.3 Å². The number of carbonyl (C=O) groups excluding carboxylic acids is 3. The molecule has 0 aromatic heterocycles. The van der Waals surface area contributed by atoms with Crippen LogP contribution in [-0.2, 0) is 14.3 Å². The molecule has 3 aromatic carbocycles. The minimum Gasteiger partial charge on any atom is -0.444 e. The molecule has 0 aliphatic carbocycles. The van der Waals surface area contributed by atoms with E-state index in [0.29, 0.717) is 23.2 Å². The Morgan fingerprint density at radius 3 is 2.21 bits per heavy atom. The predicted molar refractivity (Wildman–Crippen MR) is 155 cm³/mol. The normalized spacial score (nSPS) is 12.8. The average molecular weight is 528 g/mol. The van der Waals surface area contributed by atoms with Crippen molar-refractivity contribution in [3.63, 3.8) is 0 Å². The van der Waals surface area contributed by atoms with Crippen LogP contribution >= 0.6 is 0 Å². The van der Waals surface area contributed by atoms with Gasteiger partial charge in [0.05, 0.1) is 0 Å². The molecule has 0 bridgehead atoms. The molecule has 204 valence electrons. The number of carbonyl (C=O) groups is 3. The third-order valence-electron chi connectivity index (χ3n) is 6.09. The summed E-state index contributed by atoms with van der Waals surface area (Å²) in [5.74, 6) is 1.87. The van der Waals surface area contributed by atoms with E-state index in [9.17, 15) is 14.4 Å². The number of nitrogens with zero attached hydrogens (tertiary/aromatic N) is 1. The highest BCUT2D eigenvalue weighted by Gasteiger charge is 2.34. The zero-order valence-corrected chi connectivity index (χ0v) is 23.4. The van der Waals surface area contributed by atoms with Crippen molar-refractivity contribution in [3.05, 3.63) is 77.9 Å². The number of ether oxygens (including phenoxy) is 1. The van der Waals surface area contributed by atoms with Gasteiger partial charge in [-0.1, -0.05) is 62.2 Å². The number of nitrogens with one attached hydrogen (secondary N) is 2. The van der Waals surface area contributed by atoms with Crippen LogP contribution in [0.15, 0.2) is 66.7 Å². The van der Waals surface area contributed by atoms with Crippen molar-refractivity contribution >= 4 is 34.4 Å². The van der Waals surface area contributed by atoms with E-state index in [2.05, 4.69) is 16.6 Å². The lowest BCUT2D eigenvalue weighted by molar-refractivity contribution is -0.139. The van der Waals surface area contributed by atoms with Gasteiger partial charge >= 0.3 is 6.09 Å². The summed E-state index contributed by atoms with van der Waals surface area (Å²) in [7, 11) is 1.56. The van der Waals surface area contributed by atoms with Crippen molar-refractivity contribution < 1.29 is 19.1 Å². The van der Waals surface area contributed by atoms with E-state index in [4.69, 9.17) is 11.2 Å². The molecule has 3 rings (SSSR count). The molecule has 39 heavy (non-hydrogen) atoms. The first kappa shape index (κ1) is 29.2. The summed E-state index contributed by atoms with van der Waals surface area (Å²) in [4.78, 5) is 41.5. The number of anilines is 1. The van der Waals surface area contributed by atoms with Gasteiger partial charge in [-0.05, 0) is 73.7 Å². The average Bonchev–Trinajstić information content (AvgIpc) is 2.87. The topological polar surface area (TPSA) is 87.7 Å². The zero-order valence-electron chi connectivity index (χ0n) is 23.4. The molecule has 2 unspecified atom stereocenters. The SMILES string of the molecule is C#Cc1ccc(C(C(=O)Nc2ccc3ccccc3c2)N(C)C(=O)C(CC(C)C)NC(=O)OC(C)(C)C)cc1. The lowest BCUT2D eigenvalue weighted by atomic mass is 9.99. The third-order valence-corrected chi connectivity index (χ3v) is 6.09. The monoisotopic (exact) mass is 527 g/mol. The highest BCUT2D eigenvalue weighted by atomic mass is 16.6. The molecule has 0 saturated carbocycles. The summed E-state index contributed by atoms with van der Waals surface area (Å²) in [6.07, 6.45) is 5.20. The standard InChI is InChI=1S/C32H37N3O4/c1-8-22-13-15-24(16-14-22)28(29(36)33-26-18-17-23-11-9-10-12-25(23)20-26)35(7)30(37)27(19-21(2)3)34-31(38)39-32(4,5)6/h1,9-18,20-21,27-28H,19H2,2-7H3,(H,33,36)(H,34,38). The lowest BCUT2D eigenvalue weighted by Gasteiger charge is -2.32. The molecule has 0 radical (unpaired) electrons. The molecule has 7 nitrogen and oxygen atoms in total. The summed E-state index contributed by atoms with van der Waals surface area (Å²) in [6, 6.07) is 18.6. The Hall–Kier alpha value is -4.31. The molecule has 0 spiro atoms. The maximum absolute atomic E-state index is 13.8. The largest absolute Gasteiger partial charge is 0.444 e. The van der Waals surface area contributed by atoms with Gasteiger partial charge < -0.3 is 20.3 Å². The Kier molecular flexibility index (Phi) is 9.37. The zero-order chi connectivity index (χ0) is 28.7. The van der Waals surface area contributed by atoms with Gasteiger partial charge in [0, 0.05) is 18.3 Å². The van der Waals surface area contributed by atoms with Gasteiger partial charge in [-0.3, -0.25) is 9.59 Å². The predicted octanol–water partition coefficient (Wildman–Crippen LogP) is 5.90. The second-order valence-electron chi connectivity index (χ2n) is 11.0. The van der Waals surface area contributed by atoms with Crippen molar-refractivity contribution in [2.24, 2.45) is 5.92 Å². The summed E-state index contributed by atoms with van der Waals surface area (Å²) in [5, 5.41) is 7.70. The summed E-state index contributed by atoms with van der Waals surface area (Å²) < 4.78 is 5.39. The van der Waals surface area contributed by atoms with Crippen LogP contribution in [0.5, 0.6) is 0 Å². The van der Waals surface area contributed by atoms with Crippen molar-refractivity contribution in [2.45, 2.75) is 58.7 Å². The number of likely N-dealkylation sites (N-methyl/N-ethyl adjacent to an activating group) is 1. The number of fused-ring (bicyclic) bond motifs is 1. The minimum atomic E-state index is -0.981. The first-order valence-corrected chi connectivity index (χ1v) is 13.0. The van der Waals surface area contributed by atoms with Crippen molar-refractivity contribution in [1.82, 2.24) is 10.2 Å². The molecule has 7 heteroatoms. The van der Waals surface area contributed by atoms with E-state index in [1.807, 2.05) is 56.3 Å². The van der Waals surface area contributed by atoms with Gasteiger partial charge in [-0.15, -0.1) is 6.42 Å². The Morgan fingerprint density at radius 2 is 1.62 bits per heavy atom. The molecule has 2 N–H and O–H groups in total. The molecular weight excluding hydrogens is 490 g/mol. The van der Waals surface area contributed by atoms with Crippen molar-refractivity contribution in [1.29, 1.82) is 0 Å². The minimum absolute atomic E-state index is 0.0991. The number of rotatable bonds is 8. The van der Waals surface area contributed by atoms with Crippen LogP contribution in [0, 0.1) is 18.3 Å². The van der Waals surface area contributed by atoms with Crippen LogP contribution in [0.25, 0.3) is 10.8 Å². The first-order chi connectivity index (χ1) is 18.4. The van der Waals surface area contributed by atoms with Gasteiger partial charge in [0.15, 0.2) is 0 Å². The van der Waals surface area contributed by atoms with Crippen LogP contribution in [0.4, 0.5) is 10.5 Å². The highest BCUT2D eigenvalue weighted by Crippen LogP contribution is 2.26. The van der Waals surface area contributed by atoms with Gasteiger partial charge in [0.2, 0.25) is 5.91 Å². The second-order valence-corrected chi connectivity index (χ2v) is 11.0. The Labute approximate surface area is 230 Å². The van der Waals surface area contributed by atoms with E-state index in [0.717, 1.165) is 10.8 Å². The van der Waals surface area contributed by atoms with Crippen LogP contribution in [-0.4, -0.2) is 41.5 Å². The fourth-order valence-electron chi connectivity index (χ4n) is 4.31. The van der Waals surface area contributed by atoms with Crippen LogP contribution < -0.4 is 10.6 Å². The van der Waals surface area contributed by atoms with E-state index >= 15 is 0 Å². The lowest BCUT2D eigenvalue weighted by Crippen LogP contribution is -2.51. The van der Waals surface area contributed by atoms with E-state index in [1.54, 1.807) is 52.1 Å². The summed E-state index contributed by atoms with van der Waals surface area (Å²) in [5.41, 5.74) is 1.13. The quantitative estimate of drug-likeness (QED) is 0.357. The number of amides is 3. The number of hydrogen-bond donors (Lipinski definition) is 2. The number of hydrogen-bond acceptors (Lipinski definition) is 4. The summed E-state index contributed by atoms with van der Waals surface area (Å²) in [6.45, 7) is 9.18. The van der Waals surface area contributed by atoms with Crippen LogP contribution in [0.1, 0.15) is 58.2 Å². The van der Waals surface area contributed by atoms with Crippen molar-refractivity contribution in [2.75, 3.05) is 12.4 Å². The molecule has 0 aliphatic rings. The molecule has 3 amide bonds. The fourth-order valence-corrected chi connectivity index (χ4v) is 4.31. The van der Waals surface area contributed by atoms with Crippen LogP contribution in [0.3, 0.4) is 0 Å².